The molecule has 11 heteroatoms. The van der Waals surface area contributed by atoms with Crippen LogP contribution in [0.25, 0.3) is 17.7 Å². The number of nitrogens with zero attached hydrogens (tertiary/aromatic N) is 3. The number of anilines is 1. The molecule has 0 saturated carbocycles. The number of hydrogen-bond acceptors (Lipinski definition) is 5. The van der Waals surface area contributed by atoms with E-state index < -0.39 is 23.1 Å². The summed E-state index contributed by atoms with van der Waals surface area (Å²) in [5.41, 5.74) is 3.03. The predicted octanol–water partition coefficient (Wildman–Crippen LogP) is 3.23. The molecule has 2 aromatic carbocycles. The molecule has 3 heterocycles. The zero-order chi connectivity index (χ0) is 26.6. The first kappa shape index (κ1) is 24.5. The van der Waals surface area contributed by atoms with Gasteiger partial charge in [-0.2, -0.15) is 5.10 Å². The Bertz CT molecular complexity index is 1660. The molecule has 9 nitrogen and oxygen atoms in total. The van der Waals surface area contributed by atoms with Crippen LogP contribution in [0.1, 0.15) is 32.7 Å². The minimum atomic E-state index is -1.03. The third-order valence-corrected chi connectivity index (χ3v) is 5.81. The highest BCUT2D eigenvalue weighted by atomic mass is 19.2. The number of aromatic amines is 1. The zero-order valence-corrected chi connectivity index (χ0v) is 19.7. The van der Waals surface area contributed by atoms with Crippen LogP contribution < -0.4 is 16.2 Å². The summed E-state index contributed by atoms with van der Waals surface area (Å²) >= 11 is 0. The van der Waals surface area contributed by atoms with Gasteiger partial charge in [0.15, 0.2) is 11.6 Å². The molecule has 4 aromatic rings. The van der Waals surface area contributed by atoms with E-state index in [4.69, 9.17) is 0 Å². The number of H-pyrrole nitrogens is 1. The highest BCUT2D eigenvalue weighted by Crippen LogP contribution is 2.33. The fourth-order valence-electron chi connectivity index (χ4n) is 3.95. The monoisotopic (exact) mass is 514 g/mol. The predicted molar refractivity (Wildman–Crippen MR) is 137 cm³/mol. The first-order chi connectivity index (χ1) is 18.4. The van der Waals surface area contributed by atoms with Gasteiger partial charge in [-0.15, -0.1) is 0 Å². The Hall–Kier alpha value is -5.19. The molecule has 190 valence electrons. The maximum Gasteiger partial charge on any atom is 0.279 e. The van der Waals surface area contributed by atoms with Gasteiger partial charge in [0, 0.05) is 24.0 Å². The number of carbonyl (C=O) groups is 2. The summed E-state index contributed by atoms with van der Waals surface area (Å²) in [6.07, 6.45) is 9.66. The van der Waals surface area contributed by atoms with Gasteiger partial charge in [-0.05, 0) is 41.5 Å². The van der Waals surface area contributed by atoms with Crippen molar-refractivity contribution in [3.05, 3.63) is 117 Å². The Kier molecular flexibility index (Phi) is 6.72. The summed E-state index contributed by atoms with van der Waals surface area (Å²) in [5, 5.41) is 9.40. The zero-order valence-electron chi connectivity index (χ0n) is 19.7. The van der Waals surface area contributed by atoms with Gasteiger partial charge < -0.3 is 15.6 Å². The molecule has 0 spiro atoms. The topological polar surface area (TPSA) is 122 Å². The Morgan fingerprint density at radius 1 is 1.08 bits per heavy atom. The van der Waals surface area contributed by atoms with E-state index in [1.54, 1.807) is 24.4 Å². The molecule has 2 amide bonds. The number of carbonyl (C=O) groups excluding carboxylic acids is 2. The van der Waals surface area contributed by atoms with Crippen LogP contribution in [0.2, 0.25) is 0 Å². The van der Waals surface area contributed by atoms with E-state index in [1.165, 1.54) is 24.7 Å². The van der Waals surface area contributed by atoms with Gasteiger partial charge in [0.05, 0.1) is 30.3 Å². The fourth-order valence-corrected chi connectivity index (χ4v) is 3.95. The van der Waals surface area contributed by atoms with E-state index in [0.717, 1.165) is 27.9 Å². The average molecular weight is 514 g/mol. The molecule has 0 atom stereocenters. The molecule has 2 aromatic heterocycles. The standard InChI is InChI=1S/C27H20F2N6O3/c28-22-6-4-17(10-23(22)29)14-35-27(38)20(7-9-33-35)25(36)31-8-1-2-16-3-5-19-21(12-18-13-30-15-32-18)26(37)34-24(19)11-16/h1-7,9-13,15H,8,14H2,(H,30,32)(H,31,36)(H,34,37). The van der Waals surface area contributed by atoms with Crippen molar-refractivity contribution in [2.24, 2.45) is 0 Å². The maximum atomic E-state index is 13.5. The van der Waals surface area contributed by atoms with E-state index in [1.807, 2.05) is 18.2 Å². The molecule has 0 saturated heterocycles. The number of rotatable bonds is 7. The number of imidazole rings is 1. The summed E-state index contributed by atoms with van der Waals surface area (Å²) in [6.45, 7) is 0.0168. The maximum absolute atomic E-state index is 13.5. The molecular weight excluding hydrogens is 494 g/mol. The Morgan fingerprint density at radius 3 is 2.74 bits per heavy atom. The summed E-state index contributed by atoms with van der Waals surface area (Å²) in [4.78, 5) is 44.5. The summed E-state index contributed by atoms with van der Waals surface area (Å²) < 4.78 is 27.6. The average Bonchev–Trinajstić information content (AvgIpc) is 3.53. The molecule has 1 aliphatic heterocycles. The third kappa shape index (κ3) is 5.16. The quantitative estimate of drug-likeness (QED) is 0.327. The van der Waals surface area contributed by atoms with Crippen molar-refractivity contribution in [3.63, 3.8) is 0 Å². The van der Waals surface area contributed by atoms with Gasteiger partial charge in [-0.25, -0.2) is 18.4 Å². The lowest BCUT2D eigenvalue weighted by Crippen LogP contribution is -2.34. The number of benzene rings is 2. The first-order valence-corrected chi connectivity index (χ1v) is 11.5. The third-order valence-electron chi connectivity index (χ3n) is 5.81. The van der Waals surface area contributed by atoms with Gasteiger partial charge in [0.2, 0.25) is 0 Å². The van der Waals surface area contributed by atoms with Crippen molar-refractivity contribution in [3.8, 4) is 0 Å². The van der Waals surface area contributed by atoms with Gasteiger partial charge in [0.25, 0.3) is 17.4 Å². The van der Waals surface area contributed by atoms with E-state index in [2.05, 4.69) is 25.7 Å². The van der Waals surface area contributed by atoms with Crippen LogP contribution in [-0.4, -0.2) is 38.1 Å². The number of halogens is 2. The van der Waals surface area contributed by atoms with Crippen molar-refractivity contribution < 1.29 is 18.4 Å². The summed E-state index contributed by atoms with van der Waals surface area (Å²) in [5.74, 6) is -2.84. The van der Waals surface area contributed by atoms with Crippen LogP contribution >= 0.6 is 0 Å². The Balaban J connectivity index is 1.22. The number of aromatic nitrogens is 4. The lowest BCUT2D eigenvalue weighted by atomic mass is 10.0. The summed E-state index contributed by atoms with van der Waals surface area (Å²) in [6, 6.07) is 10.1. The highest BCUT2D eigenvalue weighted by Gasteiger charge is 2.24. The smallest absolute Gasteiger partial charge is 0.279 e. The summed E-state index contributed by atoms with van der Waals surface area (Å²) in [7, 11) is 0. The lowest BCUT2D eigenvalue weighted by molar-refractivity contribution is -0.110. The molecule has 0 bridgehead atoms. The van der Waals surface area contributed by atoms with Gasteiger partial charge in [-0.1, -0.05) is 30.4 Å². The number of amides is 2. The van der Waals surface area contributed by atoms with Crippen LogP contribution in [0.15, 0.2) is 72.1 Å². The minimum absolute atomic E-state index is 0.120. The minimum Gasteiger partial charge on any atom is -0.348 e. The number of hydrogen-bond donors (Lipinski definition) is 3. The van der Waals surface area contributed by atoms with Crippen molar-refractivity contribution in [1.29, 1.82) is 0 Å². The van der Waals surface area contributed by atoms with E-state index >= 15 is 0 Å². The second-order valence-electron chi connectivity index (χ2n) is 8.39. The van der Waals surface area contributed by atoms with E-state index in [9.17, 15) is 23.2 Å². The first-order valence-electron chi connectivity index (χ1n) is 11.5. The van der Waals surface area contributed by atoms with Gasteiger partial charge in [-0.3, -0.25) is 14.4 Å². The normalized spacial score (nSPS) is 13.6. The fraction of sp³-hybridized carbons (Fsp3) is 0.0741. The molecule has 1 aliphatic rings. The lowest BCUT2D eigenvalue weighted by Gasteiger charge is -2.07. The van der Waals surface area contributed by atoms with Crippen LogP contribution in [0.4, 0.5) is 14.5 Å². The molecule has 0 fully saturated rings. The molecule has 5 rings (SSSR count). The molecule has 0 unspecified atom stereocenters. The SMILES string of the molecule is O=C1Nc2cc(C=CCNC(=O)c3ccnn(Cc4ccc(F)c(F)c4)c3=O)ccc2C1=Cc1cnc[nH]1. The van der Waals surface area contributed by atoms with E-state index in [-0.39, 0.29) is 24.6 Å². The van der Waals surface area contributed by atoms with Crippen molar-refractivity contribution in [1.82, 2.24) is 25.1 Å². The van der Waals surface area contributed by atoms with Crippen LogP contribution in [0.3, 0.4) is 0 Å². The molecule has 3 N–H and O–H groups in total. The Morgan fingerprint density at radius 2 is 1.95 bits per heavy atom. The molecular formula is C27H20F2N6O3. The van der Waals surface area contributed by atoms with Crippen molar-refractivity contribution in [2.45, 2.75) is 6.54 Å². The van der Waals surface area contributed by atoms with E-state index in [0.29, 0.717) is 22.5 Å². The van der Waals surface area contributed by atoms with Gasteiger partial charge in [0.1, 0.15) is 5.56 Å². The number of fused-ring (bicyclic) bond motifs is 1. The van der Waals surface area contributed by atoms with Crippen LogP contribution in [0.5, 0.6) is 0 Å². The number of nitrogens with one attached hydrogen (secondary N) is 3. The highest BCUT2D eigenvalue weighted by molar-refractivity contribution is 6.34. The van der Waals surface area contributed by atoms with Crippen molar-refractivity contribution in [2.75, 3.05) is 11.9 Å². The second-order valence-corrected chi connectivity index (χ2v) is 8.39. The van der Waals surface area contributed by atoms with Crippen LogP contribution in [-0.2, 0) is 11.3 Å². The molecule has 0 radical (unpaired) electrons. The molecule has 38 heavy (non-hydrogen) atoms. The second kappa shape index (κ2) is 10.4. The largest absolute Gasteiger partial charge is 0.348 e. The van der Waals surface area contributed by atoms with Crippen LogP contribution in [0, 0.1) is 11.6 Å². The Labute approximate surface area is 214 Å². The van der Waals surface area contributed by atoms with Gasteiger partial charge >= 0.3 is 0 Å². The molecule has 0 aliphatic carbocycles. The van der Waals surface area contributed by atoms with Crippen molar-refractivity contribution >= 4 is 35.2 Å².